The summed E-state index contributed by atoms with van der Waals surface area (Å²) in [6, 6.07) is 4.87. The standard InChI is InChI=1S/C11H12BrFN4/c1-2-10-11(14)15-16-17(10)6-7-3-4-9(13)8(12)5-7/h3-5H,2,6,14H2,1H3. The topological polar surface area (TPSA) is 56.7 Å². The maximum absolute atomic E-state index is 13.1. The van der Waals surface area contributed by atoms with Crippen LogP contribution in [0.4, 0.5) is 10.2 Å². The molecule has 6 heteroatoms. The number of aromatic nitrogens is 3. The molecule has 0 bridgehead atoms. The first-order chi connectivity index (χ1) is 8.11. The first-order valence-electron chi connectivity index (χ1n) is 5.23. The number of hydrogen-bond acceptors (Lipinski definition) is 3. The Bertz CT molecular complexity index is 538. The highest BCUT2D eigenvalue weighted by Gasteiger charge is 2.09. The van der Waals surface area contributed by atoms with E-state index >= 15 is 0 Å². The molecule has 0 saturated carbocycles. The van der Waals surface area contributed by atoms with Gasteiger partial charge in [0.05, 0.1) is 16.7 Å². The lowest BCUT2D eigenvalue weighted by Crippen LogP contribution is -2.06. The monoisotopic (exact) mass is 298 g/mol. The fourth-order valence-electron chi connectivity index (χ4n) is 1.65. The summed E-state index contributed by atoms with van der Waals surface area (Å²) in [6.45, 7) is 2.53. The van der Waals surface area contributed by atoms with Crippen LogP contribution in [0.3, 0.4) is 0 Å². The fourth-order valence-corrected chi connectivity index (χ4v) is 2.07. The van der Waals surface area contributed by atoms with Crippen LogP contribution in [0.1, 0.15) is 18.2 Å². The third-order valence-electron chi connectivity index (χ3n) is 2.52. The van der Waals surface area contributed by atoms with Gasteiger partial charge in [0.2, 0.25) is 0 Å². The zero-order chi connectivity index (χ0) is 12.4. The summed E-state index contributed by atoms with van der Waals surface area (Å²) in [7, 11) is 0. The van der Waals surface area contributed by atoms with Gasteiger partial charge >= 0.3 is 0 Å². The highest BCUT2D eigenvalue weighted by Crippen LogP contribution is 2.18. The van der Waals surface area contributed by atoms with E-state index in [-0.39, 0.29) is 5.82 Å². The number of anilines is 1. The summed E-state index contributed by atoms with van der Waals surface area (Å²) in [5.74, 6) is 0.177. The van der Waals surface area contributed by atoms with Crippen molar-refractivity contribution in [1.29, 1.82) is 0 Å². The van der Waals surface area contributed by atoms with Crippen molar-refractivity contribution >= 4 is 21.7 Å². The van der Waals surface area contributed by atoms with Crippen LogP contribution in [0.15, 0.2) is 22.7 Å². The van der Waals surface area contributed by atoms with Crippen molar-refractivity contribution in [2.75, 3.05) is 5.73 Å². The second kappa shape index (κ2) is 4.83. The Hall–Kier alpha value is -1.43. The Balaban J connectivity index is 2.28. The summed E-state index contributed by atoms with van der Waals surface area (Å²) >= 11 is 3.16. The highest BCUT2D eigenvalue weighted by atomic mass is 79.9. The average molecular weight is 299 g/mol. The molecule has 90 valence electrons. The predicted octanol–water partition coefficient (Wildman–Crippen LogP) is 2.37. The van der Waals surface area contributed by atoms with E-state index in [0.717, 1.165) is 17.7 Å². The maximum Gasteiger partial charge on any atom is 0.169 e. The van der Waals surface area contributed by atoms with Crippen molar-refractivity contribution < 1.29 is 4.39 Å². The molecule has 0 atom stereocenters. The lowest BCUT2D eigenvalue weighted by atomic mass is 10.2. The van der Waals surface area contributed by atoms with Gasteiger partial charge < -0.3 is 5.73 Å². The largest absolute Gasteiger partial charge is 0.381 e. The molecular weight excluding hydrogens is 287 g/mol. The lowest BCUT2D eigenvalue weighted by molar-refractivity contribution is 0.608. The minimum absolute atomic E-state index is 0.275. The van der Waals surface area contributed by atoms with Gasteiger partial charge in [-0.1, -0.05) is 18.2 Å². The zero-order valence-electron chi connectivity index (χ0n) is 9.32. The third kappa shape index (κ3) is 2.46. The highest BCUT2D eigenvalue weighted by molar-refractivity contribution is 9.10. The fraction of sp³-hybridized carbons (Fsp3) is 0.273. The SMILES string of the molecule is CCc1c(N)nnn1Cc1ccc(F)c(Br)c1. The van der Waals surface area contributed by atoms with Crippen LogP contribution < -0.4 is 5.73 Å². The van der Waals surface area contributed by atoms with Gasteiger partial charge in [0.25, 0.3) is 0 Å². The van der Waals surface area contributed by atoms with Crippen LogP contribution in [0.2, 0.25) is 0 Å². The molecule has 4 nitrogen and oxygen atoms in total. The Kier molecular flexibility index (Phi) is 3.42. The third-order valence-corrected chi connectivity index (χ3v) is 3.13. The first kappa shape index (κ1) is 12.0. The summed E-state index contributed by atoms with van der Waals surface area (Å²) in [4.78, 5) is 0. The second-order valence-corrected chi connectivity index (χ2v) is 4.54. The van der Waals surface area contributed by atoms with Crippen LogP contribution in [0.5, 0.6) is 0 Å². The molecule has 0 radical (unpaired) electrons. The van der Waals surface area contributed by atoms with E-state index in [1.807, 2.05) is 6.92 Å². The van der Waals surface area contributed by atoms with Crippen LogP contribution in [-0.4, -0.2) is 15.0 Å². The van der Waals surface area contributed by atoms with Gasteiger partial charge in [-0.15, -0.1) is 5.10 Å². The van der Waals surface area contributed by atoms with Crippen LogP contribution in [0.25, 0.3) is 0 Å². The van der Waals surface area contributed by atoms with E-state index in [0.29, 0.717) is 16.8 Å². The predicted molar refractivity (Wildman–Crippen MR) is 67.0 cm³/mol. The quantitative estimate of drug-likeness (QED) is 0.946. The molecule has 0 unspecified atom stereocenters. The van der Waals surface area contributed by atoms with Gasteiger partial charge in [-0.25, -0.2) is 9.07 Å². The molecule has 2 aromatic rings. The normalized spacial score (nSPS) is 10.8. The average Bonchev–Trinajstić information content (AvgIpc) is 2.64. The number of nitrogen functional groups attached to an aromatic ring is 1. The van der Waals surface area contributed by atoms with Crippen LogP contribution in [-0.2, 0) is 13.0 Å². The smallest absolute Gasteiger partial charge is 0.169 e. The zero-order valence-corrected chi connectivity index (χ0v) is 10.9. The molecule has 0 spiro atoms. The second-order valence-electron chi connectivity index (χ2n) is 3.68. The summed E-state index contributed by atoms with van der Waals surface area (Å²) in [6.07, 6.45) is 0.765. The molecule has 0 saturated heterocycles. The van der Waals surface area contributed by atoms with E-state index in [1.54, 1.807) is 16.8 Å². The molecule has 0 aliphatic heterocycles. The molecule has 0 aliphatic rings. The van der Waals surface area contributed by atoms with E-state index in [4.69, 9.17) is 5.73 Å². The maximum atomic E-state index is 13.1. The molecule has 1 heterocycles. The molecule has 1 aromatic carbocycles. The Morgan fingerprint density at radius 2 is 2.24 bits per heavy atom. The lowest BCUT2D eigenvalue weighted by Gasteiger charge is -2.06. The first-order valence-corrected chi connectivity index (χ1v) is 6.03. The number of halogens is 2. The minimum atomic E-state index is -0.275. The Labute approximate surface area is 107 Å². The minimum Gasteiger partial charge on any atom is -0.381 e. The van der Waals surface area contributed by atoms with Crippen molar-refractivity contribution in [2.24, 2.45) is 0 Å². The van der Waals surface area contributed by atoms with Crippen LogP contribution in [0, 0.1) is 5.82 Å². The Morgan fingerprint density at radius 1 is 1.47 bits per heavy atom. The van der Waals surface area contributed by atoms with E-state index in [1.165, 1.54) is 6.07 Å². The van der Waals surface area contributed by atoms with Crippen molar-refractivity contribution in [1.82, 2.24) is 15.0 Å². The molecule has 2 N–H and O–H groups in total. The van der Waals surface area contributed by atoms with Crippen molar-refractivity contribution in [3.8, 4) is 0 Å². The van der Waals surface area contributed by atoms with Crippen molar-refractivity contribution in [3.05, 3.63) is 39.7 Å². The summed E-state index contributed by atoms with van der Waals surface area (Å²) in [5, 5.41) is 7.80. The van der Waals surface area contributed by atoms with Crippen molar-refractivity contribution in [3.63, 3.8) is 0 Å². The van der Waals surface area contributed by atoms with Gasteiger partial charge in [-0.2, -0.15) is 0 Å². The Morgan fingerprint density at radius 3 is 2.88 bits per heavy atom. The molecule has 1 aromatic heterocycles. The number of benzene rings is 1. The van der Waals surface area contributed by atoms with E-state index in [9.17, 15) is 4.39 Å². The number of nitrogens with two attached hydrogens (primary N) is 1. The van der Waals surface area contributed by atoms with Crippen molar-refractivity contribution in [2.45, 2.75) is 19.9 Å². The van der Waals surface area contributed by atoms with Gasteiger partial charge in [0.15, 0.2) is 5.82 Å². The molecule has 17 heavy (non-hydrogen) atoms. The summed E-state index contributed by atoms with van der Waals surface area (Å²) < 4.78 is 15.3. The van der Waals surface area contributed by atoms with Gasteiger partial charge in [-0.3, -0.25) is 0 Å². The molecular formula is C11H12BrFN4. The molecule has 0 amide bonds. The number of rotatable bonds is 3. The van der Waals surface area contributed by atoms with E-state index < -0.39 is 0 Å². The molecule has 2 rings (SSSR count). The van der Waals surface area contributed by atoms with Gasteiger partial charge in [-0.05, 0) is 40.0 Å². The van der Waals surface area contributed by atoms with Crippen LogP contribution >= 0.6 is 15.9 Å². The van der Waals surface area contributed by atoms with Gasteiger partial charge in [0.1, 0.15) is 5.82 Å². The number of hydrogen-bond donors (Lipinski definition) is 1. The number of nitrogens with zero attached hydrogens (tertiary/aromatic N) is 3. The van der Waals surface area contributed by atoms with Gasteiger partial charge in [0, 0.05) is 0 Å². The van der Waals surface area contributed by atoms with E-state index in [2.05, 4.69) is 26.2 Å². The molecule has 0 aliphatic carbocycles. The molecule has 0 fully saturated rings. The summed E-state index contributed by atoms with van der Waals surface area (Å²) in [5.41, 5.74) is 7.53.